The molecule has 0 saturated heterocycles. The number of hydrogen-bond acceptors (Lipinski definition) is 2. The van der Waals surface area contributed by atoms with Gasteiger partial charge in [-0.25, -0.2) is 0 Å². The molecular weight excluding hydrogens is 172 g/mol. The van der Waals surface area contributed by atoms with E-state index in [0.29, 0.717) is 5.92 Å². The Hall–Kier alpha value is -1.02. The minimum atomic E-state index is 0.633. The number of likely N-dealkylation sites (N-methyl/N-ethyl adjacent to an activating group) is 1. The molecule has 0 spiro atoms. The Labute approximate surface area is 85.7 Å². The Morgan fingerprint density at radius 2 is 2.21 bits per heavy atom. The highest BCUT2D eigenvalue weighted by Crippen LogP contribution is 2.34. The summed E-state index contributed by atoms with van der Waals surface area (Å²) in [6.07, 6.45) is 0. The van der Waals surface area contributed by atoms with Gasteiger partial charge in [-0.2, -0.15) is 0 Å². The van der Waals surface area contributed by atoms with E-state index in [2.05, 4.69) is 36.6 Å². The lowest BCUT2D eigenvalue weighted by molar-refractivity contribution is 0.674. The Balaban J connectivity index is 2.38. The molecule has 2 heteroatoms. The molecule has 1 aromatic rings. The molecule has 0 bridgehead atoms. The molecule has 76 valence electrons. The lowest BCUT2D eigenvalue weighted by Gasteiger charge is -2.10. The van der Waals surface area contributed by atoms with E-state index >= 15 is 0 Å². The Kier molecular flexibility index (Phi) is 2.46. The molecule has 0 fully saturated rings. The van der Waals surface area contributed by atoms with Gasteiger partial charge in [-0.15, -0.1) is 0 Å². The highest BCUT2D eigenvalue weighted by molar-refractivity contribution is 5.63. The molecule has 0 amide bonds. The lowest BCUT2D eigenvalue weighted by atomic mass is 9.97. The smallest absolute Gasteiger partial charge is 0.0406 e. The van der Waals surface area contributed by atoms with Crippen molar-refractivity contribution in [3.63, 3.8) is 0 Å². The van der Waals surface area contributed by atoms with Crippen LogP contribution in [0.15, 0.2) is 12.1 Å². The molecule has 1 aliphatic heterocycles. The number of hydrogen-bond donors (Lipinski definition) is 2. The number of rotatable bonds is 2. The van der Waals surface area contributed by atoms with Gasteiger partial charge in [-0.3, -0.25) is 0 Å². The predicted octanol–water partition coefficient (Wildman–Crippen LogP) is 2.03. The van der Waals surface area contributed by atoms with Crippen LogP contribution in [0.5, 0.6) is 0 Å². The molecular formula is C12H18N2. The summed E-state index contributed by atoms with van der Waals surface area (Å²) in [4.78, 5) is 0. The number of anilines is 1. The summed E-state index contributed by atoms with van der Waals surface area (Å²) < 4.78 is 0. The van der Waals surface area contributed by atoms with E-state index in [1.807, 2.05) is 7.05 Å². The molecule has 1 aromatic carbocycles. The van der Waals surface area contributed by atoms with Crippen LogP contribution in [0.4, 0.5) is 5.69 Å². The van der Waals surface area contributed by atoms with E-state index in [0.717, 1.165) is 13.1 Å². The van der Waals surface area contributed by atoms with Gasteiger partial charge in [0.25, 0.3) is 0 Å². The maximum atomic E-state index is 3.49. The molecule has 0 aliphatic carbocycles. The monoisotopic (exact) mass is 190 g/mol. The zero-order valence-electron chi connectivity index (χ0n) is 9.15. The van der Waals surface area contributed by atoms with Crippen molar-refractivity contribution in [2.75, 3.05) is 25.5 Å². The second-order valence-corrected chi connectivity index (χ2v) is 4.18. The summed E-state index contributed by atoms with van der Waals surface area (Å²) in [6.45, 7) is 6.48. The van der Waals surface area contributed by atoms with Gasteiger partial charge in [0.2, 0.25) is 0 Å². The predicted molar refractivity (Wildman–Crippen MR) is 61.1 cm³/mol. The van der Waals surface area contributed by atoms with E-state index in [-0.39, 0.29) is 0 Å². The number of nitrogens with one attached hydrogen (secondary N) is 2. The Morgan fingerprint density at radius 3 is 2.93 bits per heavy atom. The summed E-state index contributed by atoms with van der Waals surface area (Å²) in [5, 5.41) is 6.74. The first kappa shape index (κ1) is 9.53. The third kappa shape index (κ3) is 1.50. The van der Waals surface area contributed by atoms with Gasteiger partial charge in [0, 0.05) is 24.7 Å². The van der Waals surface area contributed by atoms with Crippen molar-refractivity contribution in [3.8, 4) is 0 Å². The van der Waals surface area contributed by atoms with E-state index in [4.69, 9.17) is 0 Å². The van der Waals surface area contributed by atoms with Crippen LogP contribution in [0.3, 0.4) is 0 Å². The third-order valence-electron chi connectivity index (χ3n) is 2.93. The summed E-state index contributed by atoms with van der Waals surface area (Å²) >= 11 is 0. The highest BCUT2D eigenvalue weighted by atomic mass is 14.9. The highest BCUT2D eigenvalue weighted by Gasteiger charge is 2.22. The largest absolute Gasteiger partial charge is 0.384 e. The summed E-state index contributed by atoms with van der Waals surface area (Å²) in [5.74, 6) is 0.633. The fraction of sp³-hybridized carbons (Fsp3) is 0.500. The topological polar surface area (TPSA) is 24.1 Å². The van der Waals surface area contributed by atoms with Crippen molar-refractivity contribution >= 4 is 5.69 Å². The average Bonchev–Trinajstić information content (AvgIpc) is 2.49. The number of fused-ring (bicyclic) bond motifs is 1. The maximum absolute atomic E-state index is 3.49. The summed E-state index contributed by atoms with van der Waals surface area (Å²) in [5.41, 5.74) is 5.58. The van der Waals surface area contributed by atoms with Crippen LogP contribution in [0, 0.1) is 13.8 Å². The van der Waals surface area contributed by atoms with E-state index in [1.54, 1.807) is 0 Å². The number of aryl methyl sites for hydroxylation is 2. The normalized spacial score (nSPS) is 19.2. The first-order valence-corrected chi connectivity index (χ1v) is 5.22. The standard InChI is InChI=1S/C12H18N2/c1-8-4-9(2)12-11(5-8)10(6-13-3)7-14-12/h4-5,10,13-14H,6-7H2,1-3H3. The molecule has 1 unspecified atom stereocenters. The van der Waals surface area contributed by atoms with Crippen LogP contribution in [0.2, 0.25) is 0 Å². The van der Waals surface area contributed by atoms with Gasteiger partial charge in [0.15, 0.2) is 0 Å². The second kappa shape index (κ2) is 3.62. The van der Waals surface area contributed by atoms with Gasteiger partial charge >= 0.3 is 0 Å². The third-order valence-corrected chi connectivity index (χ3v) is 2.93. The fourth-order valence-corrected chi connectivity index (χ4v) is 2.33. The molecule has 0 aromatic heterocycles. The maximum Gasteiger partial charge on any atom is 0.0406 e. The quantitative estimate of drug-likeness (QED) is 0.745. The molecule has 0 radical (unpaired) electrons. The summed E-state index contributed by atoms with van der Waals surface area (Å²) in [6, 6.07) is 4.55. The van der Waals surface area contributed by atoms with Crippen LogP contribution in [-0.4, -0.2) is 20.1 Å². The Bertz CT molecular complexity index is 344. The van der Waals surface area contributed by atoms with Gasteiger partial charge in [0.05, 0.1) is 0 Å². The average molecular weight is 190 g/mol. The summed E-state index contributed by atoms with van der Waals surface area (Å²) in [7, 11) is 2.01. The van der Waals surface area contributed by atoms with E-state index in [9.17, 15) is 0 Å². The molecule has 1 atom stereocenters. The molecule has 14 heavy (non-hydrogen) atoms. The van der Waals surface area contributed by atoms with Gasteiger partial charge < -0.3 is 10.6 Å². The van der Waals surface area contributed by atoms with Crippen molar-refractivity contribution < 1.29 is 0 Å². The van der Waals surface area contributed by atoms with Crippen molar-refractivity contribution in [1.82, 2.24) is 5.32 Å². The zero-order valence-corrected chi connectivity index (χ0v) is 9.15. The van der Waals surface area contributed by atoms with Gasteiger partial charge in [-0.1, -0.05) is 17.7 Å². The molecule has 1 heterocycles. The molecule has 2 N–H and O–H groups in total. The second-order valence-electron chi connectivity index (χ2n) is 4.18. The lowest BCUT2D eigenvalue weighted by Crippen LogP contribution is -2.18. The van der Waals surface area contributed by atoms with Crippen LogP contribution in [0.1, 0.15) is 22.6 Å². The minimum Gasteiger partial charge on any atom is -0.384 e. The molecule has 0 saturated carbocycles. The van der Waals surface area contributed by atoms with Crippen LogP contribution in [-0.2, 0) is 0 Å². The van der Waals surface area contributed by atoms with Gasteiger partial charge in [0.1, 0.15) is 0 Å². The first-order chi connectivity index (χ1) is 6.72. The van der Waals surface area contributed by atoms with Crippen molar-refractivity contribution in [1.29, 1.82) is 0 Å². The van der Waals surface area contributed by atoms with Crippen molar-refractivity contribution in [2.24, 2.45) is 0 Å². The van der Waals surface area contributed by atoms with Crippen LogP contribution < -0.4 is 10.6 Å². The molecule has 2 rings (SSSR count). The fourth-order valence-electron chi connectivity index (χ4n) is 2.33. The zero-order chi connectivity index (χ0) is 10.1. The van der Waals surface area contributed by atoms with Crippen LogP contribution in [0.25, 0.3) is 0 Å². The Morgan fingerprint density at radius 1 is 1.43 bits per heavy atom. The van der Waals surface area contributed by atoms with Crippen molar-refractivity contribution in [3.05, 3.63) is 28.8 Å². The minimum absolute atomic E-state index is 0.633. The van der Waals surface area contributed by atoms with E-state index in [1.165, 1.54) is 22.4 Å². The van der Waals surface area contributed by atoms with Crippen LogP contribution >= 0.6 is 0 Å². The van der Waals surface area contributed by atoms with E-state index < -0.39 is 0 Å². The first-order valence-electron chi connectivity index (χ1n) is 5.22. The molecule has 1 aliphatic rings. The molecule has 2 nitrogen and oxygen atoms in total. The SMILES string of the molecule is CNCC1CNc2c(C)cc(C)cc21. The number of benzene rings is 1. The van der Waals surface area contributed by atoms with Gasteiger partial charge in [-0.05, 0) is 32.0 Å². The van der Waals surface area contributed by atoms with Crippen molar-refractivity contribution in [2.45, 2.75) is 19.8 Å².